The van der Waals surface area contributed by atoms with Gasteiger partial charge in [0.2, 0.25) is 0 Å². The molecule has 0 bridgehead atoms. The van der Waals surface area contributed by atoms with E-state index in [1.54, 1.807) is 12.1 Å². The zero-order chi connectivity index (χ0) is 13.1. The third-order valence-corrected chi connectivity index (χ3v) is 3.37. The smallest absolute Gasteiger partial charge is 0.308 e. The molecule has 5 heteroatoms. The molecule has 1 aliphatic heterocycles. The number of carboxylic acids is 1. The second-order valence-electron chi connectivity index (χ2n) is 4.49. The van der Waals surface area contributed by atoms with E-state index < -0.39 is 11.9 Å². The van der Waals surface area contributed by atoms with Gasteiger partial charge >= 0.3 is 5.97 Å². The van der Waals surface area contributed by atoms with E-state index in [2.05, 4.69) is 5.32 Å². The second-order valence-corrected chi connectivity index (χ2v) is 4.49. The lowest BCUT2D eigenvalue weighted by Gasteiger charge is -2.32. The van der Waals surface area contributed by atoms with E-state index in [1.165, 1.54) is 12.1 Å². The first-order chi connectivity index (χ1) is 8.61. The normalized spacial score (nSPS) is 27.7. The zero-order valence-electron chi connectivity index (χ0n) is 9.67. The van der Waals surface area contributed by atoms with Gasteiger partial charge in [0, 0.05) is 12.5 Å². The van der Waals surface area contributed by atoms with Crippen LogP contribution in [0.5, 0.6) is 0 Å². The van der Waals surface area contributed by atoms with Crippen LogP contribution in [0.3, 0.4) is 0 Å². The number of aldehydes is 1. The summed E-state index contributed by atoms with van der Waals surface area (Å²) in [6.45, 7) is 0.251. The average molecular weight is 251 g/mol. The summed E-state index contributed by atoms with van der Waals surface area (Å²) in [5, 5.41) is 12.1. The molecule has 0 amide bonds. The van der Waals surface area contributed by atoms with E-state index in [0.717, 1.165) is 11.8 Å². The molecule has 0 aromatic heterocycles. The molecule has 1 fully saturated rings. The number of rotatable bonds is 3. The second kappa shape index (κ2) is 5.27. The predicted molar refractivity (Wildman–Crippen MR) is 62.7 cm³/mol. The molecule has 1 aliphatic rings. The van der Waals surface area contributed by atoms with Gasteiger partial charge in [0.25, 0.3) is 0 Å². The van der Waals surface area contributed by atoms with Crippen molar-refractivity contribution in [2.75, 3.05) is 6.54 Å². The van der Waals surface area contributed by atoms with Crippen molar-refractivity contribution in [3.8, 4) is 0 Å². The van der Waals surface area contributed by atoms with Crippen molar-refractivity contribution < 1.29 is 19.1 Å². The maximum Gasteiger partial charge on any atom is 0.308 e. The summed E-state index contributed by atoms with van der Waals surface area (Å²) in [5.74, 6) is -2.11. The van der Waals surface area contributed by atoms with Gasteiger partial charge in [0.05, 0.1) is 12.0 Å². The maximum atomic E-state index is 12.9. The SMILES string of the molecule is O=CC1CC(c2ccc(F)cc2)C(C(=O)O)CN1. The lowest BCUT2D eigenvalue weighted by atomic mass is 9.79. The van der Waals surface area contributed by atoms with Crippen molar-refractivity contribution in [2.45, 2.75) is 18.4 Å². The van der Waals surface area contributed by atoms with Crippen LogP contribution in [0.15, 0.2) is 24.3 Å². The molecule has 1 saturated heterocycles. The lowest BCUT2D eigenvalue weighted by molar-refractivity contribution is -0.143. The van der Waals surface area contributed by atoms with Gasteiger partial charge in [-0.2, -0.15) is 0 Å². The van der Waals surface area contributed by atoms with Crippen LogP contribution in [0.25, 0.3) is 0 Å². The Morgan fingerprint density at radius 1 is 1.39 bits per heavy atom. The molecule has 0 radical (unpaired) electrons. The quantitative estimate of drug-likeness (QED) is 0.791. The molecule has 0 spiro atoms. The zero-order valence-corrected chi connectivity index (χ0v) is 9.67. The highest BCUT2D eigenvalue weighted by Crippen LogP contribution is 2.32. The molecular formula is C13H14FNO3. The Labute approximate surface area is 104 Å². The predicted octanol–water partition coefficient (Wildman–Crippen LogP) is 1.17. The number of piperidine rings is 1. The standard InChI is InChI=1S/C13H14FNO3/c14-9-3-1-8(2-4-9)11-5-10(7-16)15-6-12(11)13(17)18/h1-4,7,10-12,15H,5-6H2,(H,17,18). The molecule has 3 unspecified atom stereocenters. The van der Waals surface area contributed by atoms with Crippen molar-refractivity contribution in [1.29, 1.82) is 0 Å². The highest BCUT2D eigenvalue weighted by Gasteiger charge is 2.35. The van der Waals surface area contributed by atoms with Gasteiger partial charge in [0.15, 0.2) is 0 Å². The Kier molecular flexibility index (Phi) is 3.72. The fourth-order valence-electron chi connectivity index (χ4n) is 2.38. The minimum absolute atomic E-state index is 0.251. The van der Waals surface area contributed by atoms with Gasteiger partial charge in [-0.25, -0.2) is 4.39 Å². The molecule has 2 N–H and O–H groups in total. The monoisotopic (exact) mass is 251 g/mol. The number of carbonyl (C=O) groups excluding carboxylic acids is 1. The number of nitrogens with one attached hydrogen (secondary N) is 1. The third-order valence-electron chi connectivity index (χ3n) is 3.37. The van der Waals surface area contributed by atoms with Gasteiger partial charge in [-0.05, 0) is 24.1 Å². The van der Waals surface area contributed by atoms with Gasteiger partial charge < -0.3 is 15.2 Å². The Hall–Kier alpha value is -1.75. The summed E-state index contributed by atoms with van der Waals surface area (Å²) < 4.78 is 12.9. The van der Waals surface area contributed by atoms with E-state index in [-0.39, 0.29) is 24.3 Å². The number of halogens is 1. The van der Waals surface area contributed by atoms with E-state index in [1.807, 2.05) is 0 Å². The number of aliphatic carboxylic acids is 1. The van der Waals surface area contributed by atoms with E-state index in [0.29, 0.717) is 6.42 Å². The highest BCUT2D eigenvalue weighted by atomic mass is 19.1. The summed E-state index contributed by atoms with van der Waals surface area (Å²) in [6.07, 6.45) is 1.21. The number of carboxylic acid groups (broad SMARTS) is 1. The van der Waals surface area contributed by atoms with Gasteiger partial charge in [-0.1, -0.05) is 12.1 Å². The van der Waals surface area contributed by atoms with Crippen LogP contribution in [-0.4, -0.2) is 29.9 Å². The van der Waals surface area contributed by atoms with Crippen molar-refractivity contribution in [3.63, 3.8) is 0 Å². The fraction of sp³-hybridized carbons (Fsp3) is 0.385. The molecule has 1 heterocycles. The van der Waals surface area contributed by atoms with E-state index in [9.17, 15) is 19.1 Å². The average Bonchev–Trinajstić information content (AvgIpc) is 2.38. The summed E-state index contributed by atoms with van der Waals surface area (Å²) >= 11 is 0. The molecule has 0 saturated carbocycles. The van der Waals surface area contributed by atoms with Crippen molar-refractivity contribution >= 4 is 12.3 Å². The van der Waals surface area contributed by atoms with Gasteiger partial charge in [-0.3, -0.25) is 4.79 Å². The van der Waals surface area contributed by atoms with Crippen LogP contribution in [0.2, 0.25) is 0 Å². The fourth-order valence-corrected chi connectivity index (χ4v) is 2.38. The maximum absolute atomic E-state index is 12.9. The number of benzene rings is 1. The van der Waals surface area contributed by atoms with Crippen LogP contribution in [-0.2, 0) is 9.59 Å². The van der Waals surface area contributed by atoms with Crippen LogP contribution in [0, 0.1) is 11.7 Å². The summed E-state index contributed by atoms with van der Waals surface area (Å²) in [7, 11) is 0. The number of hydrogen-bond acceptors (Lipinski definition) is 3. The molecule has 2 rings (SSSR count). The minimum Gasteiger partial charge on any atom is -0.481 e. The summed E-state index contributed by atoms with van der Waals surface area (Å²) in [6, 6.07) is 5.46. The van der Waals surface area contributed by atoms with Crippen molar-refractivity contribution in [2.24, 2.45) is 5.92 Å². The van der Waals surface area contributed by atoms with Crippen molar-refractivity contribution in [3.05, 3.63) is 35.6 Å². The molecule has 18 heavy (non-hydrogen) atoms. The molecule has 4 nitrogen and oxygen atoms in total. The highest BCUT2D eigenvalue weighted by molar-refractivity contribution is 5.72. The molecular weight excluding hydrogens is 237 g/mol. The summed E-state index contributed by atoms with van der Waals surface area (Å²) in [5.41, 5.74) is 0.761. The molecule has 96 valence electrons. The Balaban J connectivity index is 2.26. The van der Waals surface area contributed by atoms with Crippen LogP contribution < -0.4 is 5.32 Å². The topological polar surface area (TPSA) is 66.4 Å². The minimum atomic E-state index is -0.902. The molecule has 0 aliphatic carbocycles. The Bertz CT molecular complexity index is 446. The Morgan fingerprint density at radius 2 is 2.06 bits per heavy atom. The first kappa shape index (κ1) is 12.7. The van der Waals surface area contributed by atoms with E-state index in [4.69, 9.17) is 0 Å². The number of carbonyl (C=O) groups is 2. The molecule has 3 atom stereocenters. The third kappa shape index (κ3) is 2.56. The summed E-state index contributed by atoms with van der Waals surface area (Å²) in [4.78, 5) is 22.0. The van der Waals surface area contributed by atoms with Crippen LogP contribution in [0.4, 0.5) is 4.39 Å². The van der Waals surface area contributed by atoms with Crippen LogP contribution in [0.1, 0.15) is 17.9 Å². The first-order valence-corrected chi connectivity index (χ1v) is 5.78. The first-order valence-electron chi connectivity index (χ1n) is 5.78. The number of hydrogen-bond donors (Lipinski definition) is 2. The lowest BCUT2D eigenvalue weighted by Crippen LogP contribution is -2.46. The Morgan fingerprint density at radius 3 is 2.61 bits per heavy atom. The molecule has 1 aromatic carbocycles. The largest absolute Gasteiger partial charge is 0.481 e. The van der Waals surface area contributed by atoms with Crippen molar-refractivity contribution in [1.82, 2.24) is 5.32 Å². The van der Waals surface area contributed by atoms with Gasteiger partial charge in [0.1, 0.15) is 12.1 Å². The molecule has 1 aromatic rings. The van der Waals surface area contributed by atoms with Crippen LogP contribution >= 0.6 is 0 Å². The van der Waals surface area contributed by atoms with Gasteiger partial charge in [-0.15, -0.1) is 0 Å². The van der Waals surface area contributed by atoms with E-state index >= 15 is 0 Å².